The Labute approximate surface area is 160 Å². The average Bonchev–Trinajstić information content (AvgIpc) is 3.14. The molecule has 0 saturated carbocycles. The van der Waals surface area contributed by atoms with Crippen molar-refractivity contribution < 1.29 is 18.0 Å². The molecule has 3 rings (SSSR count). The minimum Gasteiger partial charge on any atom is -0.322 e. The number of hydrogen-bond acceptors (Lipinski definition) is 5. The Balaban J connectivity index is 1.86. The highest BCUT2D eigenvalue weighted by Gasteiger charge is 2.19. The van der Waals surface area contributed by atoms with Crippen LogP contribution in [0.1, 0.15) is 25.6 Å². The monoisotopic (exact) mass is 400 g/mol. The molecule has 3 aromatic rings. The summed E-state index contributed by atoms with van der Waals surface area (Å²) in [5, 5.41) is 4.50. The van der Waals surface area contributed by atoms with Crippen LogP contribution in [0.2, 0.25) is 0 Å². The molecule has 0 aliphatic heterocycles. The van der Waals surface area contributed by atoms with Gasteiger partial charge in [0, 0.05) is 11.3 Å². The maximum absolute atomic E-state index is 12.7. The van der Waals surface area contributed by atoms with Crippen LogP contribution in [0.25, 0.3) is 0 Å². The van der Waals surface area contributed by atoms with Gasteiger partial charge in [0.25, 0.3) is 5.91 Å². The smallest absolute Gasteiger partial charge is 0.256 e. The lowest BCUT2D eigenvalue weighted by molar-refractivity contribution is 0.0998. The zero-order valence-corrected chi connectivity index (χ0v) is 15.9. The Kier molecular flexibility index (Phi) is 5.38. The minimum atomic E-state index is -3.42. The number of ketones is 1. The number of nitrogens with one attached hydrogen (secondary N) is 2. The van der Waals surface area contributed by atoms with Gasteiger partial charge < -0.3 is 5.32 Å². The van der Waals surface area contributed by atoms with E-state index in [2.05, 4.69) is 10.0 Å². The van der Waals surface area contributed by atoms with E-state index in [9.17, 15) is 18.0 Å². The third kappa shape index (κ3) is 4.81. The first-order valence-electron chi connectivity index (χ1n) is 7.90. The van der Waals surface area contributed by atoms with Crippen LogP contribution in [0.3, 0.4) is 0 Å². The molecule has 2 aromatic carbocycles. The minimum absolute atomic E-state index is 0.219. The third-order valence-corrected chi connectivity index (χ3v) is 5.06. The van der Waals surface area contributed by atoms with E-state index < -0.39 is 15.9 Å². The summed E-state index contributed by atoms with van der Waals surface area (Å²) in [6, 6.07) is 16.4. The molecule has 1 aromatic heterocycles. The van der Waals surface area contributed by atoms with Gasteiger partial charge in [-0.3, -0.25) is 14.3 Å². The van der Waals surface area contributed by atoms with E-state index in [1.54, 1.807) is 60.0 Å². The molecular weight excluding hydrogens is 384 g/mol. The van der Waals surface area contributed by atoms with E-state index in [1.807, 2.05) is 0 Å². The van der Waals surface area contributed by atoms with Gasteiger partial charge in [0.05, 0.1) is 22.4 Å². The summed E-state index contributed by atoms with van der Waals surface area (Å²) in [6.45, 7) is 0. The molecule has 2 N–H and O–H groups in total. The first-order valence-corrected chi connectivity index (χ1v) is 10.7. The summed E-state index contributed by atoms with van der Waals surface area (Å²) in [5.41, 5.74) is 1.30. The van der Waals surface area contributed by atoms with Crippen molar-refractivity contribution >= 4 is 44.4 Å². The molecule has 138 valence electrons. The van der Waals surface area contributed by atoms with Crippen molar-refractivity contribution in [1.29, 1.82) is 0 Å². The largest absolute Gasteiger partial charge is 0.322 e. The van der Waals surface area contributed by atoms with Gasteiger partial charge in [-0.05, 0) is 35.7 Å². The van der Waals surface area contributed by atoms with E-state index in [0.29, 0.717) is 21.8 Å². The number of benzene rings is 2. The van der Waals surface area contributed by atoms with E-state index in [4.69, 9.17) is 0 Å². The molecule has 0 atom stereocenters. The van der Waals surface area contributed by atoms with Gasteiger partial charge >= 0.3 is 0 Å². The van der Waals surface area contributed by atoms with Crippen molar-refractivity contribution in [2.75, 3.05) is 16.3 Å². The van der Waals surface area contributed by atoms with Gasteiger partial charge in [-0.25, -0.2) is 8.42 Å². The van der Waals surface area contributed by atoms with Crippen molar-refractivity contribution in [1.82, 2.24) is 0 Å². The number of rotatable bonds is 6. The summed E-state index contributed by atoms with van der Waals surface area (Å²) in [5.74, 6) is -0.671. The Bertz CT molecular complexity index is 1090. The van der Waals surface area contributed by atoms with Crippen molar-refractivity contribution in [3.05, 3.63) is 82.0 Å². The van der Waals surface area contributed by atoms with Crippen LogP contribution >= 0.6 is 11.3 Å². The summed E-state index contributed by atoms with van der Waals surface area (Å²) < 4.78 is 25.1. The summed E-state index contributed by atoms with van der Waals surface area (Å²) in [7, 11) is -3.42. The molecule has 1 heterocycles. The van der Waals surface area contributed by atoms with Gasteiger partial charge in [-0.2, -0.15) is 0 Å². The second-order valence-electron chi connectivity index (χ2n) is 5.76. The molecule has 0 aliphatic carbocycles. The first-order chi connectivity index (χ1) is 12.8. The number of carbonyl (C=O) groups is 2. The normalized spacial score (nSPS) is 11.0. The number of sulfonamides is 1. The molecule has 0 radical (unpaired) electrons. The fraction of sp³-hybridized carbons (Fsp3) is 0.0526. The topological polar surface area (TPSA) is 92.3 Å². The van der Waals surface area contributed by atoms with Crippen molar-refractivity contribution in [3.8, 4) is 0 Å². The molecule has 0 saturated heterocycles. The molecule has 1 amide bonds. The van der Waals surface area contributed by atoms with Crippen LogP contribution in [0, 0.1) is 0 Å². The van der Waals surface area contributed by atoms with Crippen LogP contribution in [0.15, 0.2) is 66.0 Å². The maximum atomic E-state index is 12.7. The highest BCUT2D eigenvalue weighted by molar-refractivity contribution is 7.92. The molecule has 0 bridgehead atoms. The average molecular weight is 400 g/mol. The predicted octanol–water partition coefficient (Wildman–Crippen LogP) is 3.60. The van der Waals surface area contributed by atoms with Gasteiger partial charge in [0.2, 0.25) is 15.8 Å². The standard InChI is InChI=1S/C19H16N2O4S2/c1-27(24,25)21-14-7-4-6-13(12-14)20-19(23)16-9-3-2-8-15(16)18(22)17-10-5-11-26-17/h2-12,21H,1H3,(H,20,23). The van der Waals surface area contributed by atoms with E-state index in [1.165, 1.54) is 17.4 Å². The second-order valence-corrected chi connectivity index (χ2v) is 8.46. The van der Waals surface area contributed by atoms with E-state index >= 15 is 0 Å². The lowest BCUT2D eigenvalue weighted by Gasteiger charge is -2.10. The third-order valence-electron chi connectivity index (χ3n) is 3.58. The zero-order valence-electron chi connectivity index (χ0n) is 14.3. The number of amides is 1. The van der Waals surface area contributed by atoms with Crippen LogP contribution in [0.5, 0.6) is 0 Å². The van der Waals surface area contributed by atoms with Crippen LogP contribution in [-0.4, -0.2) is 26.4 Å². The first kappa shape index (κ1) is 18.8. The van der Waals surface area contributed by atoms with Crippen molar-refractivity contribution in [2.24, 2.45) is 0 Å². The highest BCUT2D eigenvalue weighted by atomic mass is 32.2. The highest BCUT2D eigenvalue weighted by Crippen LogP contribution is 2.21. The molecule has 0 unspecified atom stereocenters. The van der Waals surface area contributed by atoms with Crippen molar-refractivity contribution in [2.45, 2.75) is 0 Å². The molecule has 0 spiro atoms. The van der Waals surface area contributed by atoms with Crippen LogP contribution in [0.4, 0.5) is 11.4 Å². The Morgan fingerprint density at radius 1 is 0.889 bits per heavy atom. The Morgan fingerprint density at radius 3 is 2.26 bits per heavy atom. The van der Waals surface area contributed by atoms with Crippen LogP contribution < -0.4 is 10.0 Å². The summed E-state index contributed by atoms with van der Waals surface area (Å²) in [4.78, 5) is 25.9. The van der Waals surface area contributed by atoms with Crippen molar-refractivity contribution in [3.63, 3.8) is 0 Å². The quantitative estimate of drug-likeness (QED) is 0.619. The number of thiophene rings is 1. The van der Waals surface area contributed by atoms with E-state index in [-0.39, 0.29) is 11.3 Å². The maximum Gasteiger partial charge on any atom is 0.256 e. The van der Waals surface area contributed by atoms with Gasteiger partial charge in [0.1, 0.15) is 0 Å². The fourth-order valence-corrected chi connectivity index (χ4v) is 3.73. The Hall–Kier alpha value is -2.97. The second kappa shape index (κ2) is 7.73. The molecule has 0 fully saturated rings. The zero-order chi connectivity index (χ0) is 19.4. The lowest BCUT2D eigenvalue weighted by Crippen LogP contribution is -2.17. The van der Waals surface area contributed by atoms with Gasteiger partial charge in [-0.1, -0.05) is 30.3 Å². The predicted molar refractivity (Wildman–Crippen MR) is 107 cm³/mol. The molecule has 0 aliphatic rings. The molecule has 8 heteroatoms. The number of anilines is 2. The van der Waals surface area contributed by atoms with Crippen LogP contribution in [-0.2, 0) is 10.0 Å². The lowest BCUT2D eigenvalue weighted by atomic mass is 10.0. The number of hydrogen-bond donors (Lipinski definition) is 2. The van der Waals surface area contributed by atoms with Gasteiger partial charge in [0.15, 0.2) is 0 Å². The van der Waals surface area contributed by atoms with E-state index in [0.717, 1.165) is 6.26 Å². The van der Waals surface area contributed by atoms with Gasteiger partial charge in [-0.15, -0.1) is 11.3 Å². The number of carbonyl (C=O) groups excluding carboxylic acids is 2. The summed E-state index contributed by atoms with van der Waals surface area (Å²) >= 11 is 1.31. The summed E-state index contributed by atoms with van der Waals surface area (Å²) in [6.07, 6.45) is 1.05. The molecular formula is C19H16N2O4S2. The fourth-order valence-electron chi connectivity index (χ4n) is 2.49. The SMILES string of the molecule is CS(=O)(=O)Nc1cccc(NC(=O)c2ccccc2C(=O)c2cccs2)c1. The Morgan fingerprint density at radius 2 is 1.59 bits per heavy atom. The molecule has 6 nitrogen and oxygen atoms in total. The molecule has 27 heavy (non-hydrogen) atoms.